The number of nitrogens with zero attached hydrogens (tertiary/aromatic N) is 22. The summed E-state index contributed by atoms with van der Waals surface area (Å²) in [5.74, 6) is -3.47. The Bertz CT molecular complexity index is 6400. The molecule has 594 valence electrons. The van der Waals surface area contributed by atoms with Crippen molar-refractivity contribution in [2.75, 3.05) is 75.4 Å². The van der Waals surface area contributed by atoms with Crippen LogP contribution >= 0.6 is 11.6 Å². The number of fused-ring (bicyclic) bond motifs is 5. The number of pyridine rings is 5. The van der Waals surface area contributed by atoms with Crippen molar-refractivity contribution in [3.8, 4) is 17.2 Å². The number of carbonyl (C=O) groups excluding carboxylic acids is 5. The first-order valence-electron chi connectivity index (χ1n) is 35.5. The Kier molecular flexibility index (Phi) is 24.0. The Morgan fingerprint density at radius 1 is 0.432 bits per heavy atom. The second-order valence-corrected chi connectivity index (χ2v) is 26.6. The van der Waals surface area contributed by atoms with Crippen LogP contribution in [0, 0.1) is 49.6 Å². The van der Waals surface area contributed by atoms with Crippen molar-refractivity contribution < 1.29 is 37.1 Å². The van der Waals surface area contributed by atoms with Crippen molar-refractivity contribution in [2.45, 2.75) is 46.0 Å². The van der Waals surface area contributed by atoms with Crippen LogP contribution < -0.4 is 55.3 Å². The highest BCUT2D eigenvalue weighted by molar-refractivity contribution is 6.30. The molecular weight excluding hydrogens is 1550 g/mol. The predicted molar refractivity (Wildman–Crippen MR) is 431 cm³/mol. The average molecular weight is 1610 g/mol. The van der Waals surface area contributed by atoms with E-state index in [9.17, 15) is 37.1 Å². The van der Waals surface area contributed by atoms with Crippen LogP contribution in [0.5, 0.6) is 0 Å². The van der Waals surface area contributed by atoms with E-state index in [4.69, 9.17) is 45.5 Å². The number of nitrogen functional groups attached to an aromatic ring is 5. The molecule has 37 nitrogen and oxygen atoms in total. The summed E-state index contributed by atoms with van der Waals surface area (Å²) in [6.07, 6.45) is 30.9. The fourth-order valence-corrected chi connectivity index (χ4v) is 12.4. The van der Waals surface area contributed by atoms with Crippen molar-refractivity contribution in [3.63, 3.8) is 0 Å². The molecule has 0 radical (unpaired) electrons. The van der Waals surface area contributed by atoms with Crippen LogP contribution in [0.25, 0.3) is 39.4 Å². The van der Waals surface area contributed by atoms with Gasteiger partial charge < -0.3 is 60.2 Å². The Hall–Kier alpha value is -16.1. The van der Waals surface area contributed by atoms with E-state index in [0.717, 1.165) is 106 Å². The molecule has 16 aromatic rings. The number of aromatic nitrogens is 20. The molecule has 15 N–H and O–H groups in total. The quantitative estimate of drug-likeness (QED) is 0.0513. The summed E-state index contributed by atoms with van der Waals surface area (Å²) in [4.78, 5) is 105. The highest BCUT2D eigenvalue weighted by Crippen LogP contribution is 2.34. The summed E-state index contributed by atoms with van der Waals surface area (Å²) in [5.41, 5.74) is 40.1. The van der Waals surface area contributed by atoms with Crippen LogP contribution in [-0.4, -0.2) is 152 Å². The molecule has 1 fully saturated rings. The smallest absolute Gasteiger partial charge is 0.263 e. The van der Waals surface area contributed by atoms with Gasteiger partial charge in [0.25, 0.3) is 29.5 Å². The third-order valence-corrected chi connectivity index (χ3v) is 18.3. The van der Waals surface area contributed by atoms with E-state index in [2.05, 4.69) is 114 Å². The molecule has 0 unspecified atom stereocenters. The maximum Gasteiger partial charge on any atom is 0.263 e. The van der Waals surface area contributed by atoms with Gasteiger partial charge in [-0.05, 0) is 118 Å². The minimum absolute atomic E-state index is 0.00432. The number of amides is 5. The number of piperidine rings is 1. The molecule has 15 aromatic heterocycles. The van der Waals surface area contributed by atoms with Crippen molar-refractivity contribution in [1.29, 1.82) is 5.26 Å². The average Bonchev–Trinajstić information content (AvgIpc) is 1.64. The van der Waals surface area contributed by atoms with Crippen LogP contribution in [0.4, 0.5) is 70.7 Å². The minimum Gasteiger partial charge on any atom is -0.381 e. The molecule has 1 aromatic carbocycles. The fourth-order valence-electron chi connectivity index (χ4n) is 12.2. The van der Waals surface area contributed by atoms with Crippen molar-refractivity contribution >= 4 is 127 Å². The van der Waals surface area contributed by atoms with E-state index in [1.807, 2.05) is 63.2 Å². The van der Waals surface area contributed by atoms with Crippen molar-refractivity contribution in [1.82, 2.24) is 103 Å². The van der Waals surface area contributed by atoms with Crippen LogP contribution in [0.1, 0.15) is 98.4 Å². The van der Waals surface area contributed by atoms with Crippen LogP contribution in [0.3, 0.4) is 0 Å². The van der Waals surface area contributed by atoms with Gasteiger partial charge in [0.05, 0.1) is 120 Å². The minimum atomic E-state index is -0.578. The second-order valence-electron chi connectivity index (χ2n) is 26.2. The number of halogens is 4. The third-order valence-electron chi connectivity index (χ3n) is 18.1. The number of aryl methyl sites for hydroxylation is 3. The van der Waals surface area contributed by atoms with Gasteiger partial charge in [-0.3, -0.25) is 48.9 Å². The molecule has 1 aliphatic heterocycles. The molecule has 0 aliphatic carbocycles. The maximum absolute atomic E-state index is 13.3. The Morgan fingerprint density at radius 2 is 0.763 bits per heavy atom. The van der Waals surface area contributed by atoms with Crippen LogP contribution in [-0.2, 0) is 6.42 Å². The molecule has 1 aliphatic rings. The maximum atomic E-state index is 13.3. The van der Waals surface area contributed by atoms with Gasteiger partial charge in [0.15, 0.2) is 74.8 Å². The van der Waals surface area contributed by atoms with Gasteiger partial charge in [-0.25, -0.2) is 60.7 Å². The normalized spacial score (nSPS) is 11.9. The summed E-state index contributed by atoms with van der Waals surface area (Å²) >= 11 is 5.84. The van der Waals surface area contributed by atoms with E-state index in [0.29, 0.717) is 56.2 Å². The number of hydrogen-bond donors (Lipinski definition) is 10. The lowest BCUT2D eigenvalue weighted by Crippen LogP contribution is -2.29. The third kappa shape index (κ3) is 18.0. The standard InChI is InChI=1S/C18H20FN7O.C18H13FN6O.C15H13N7O.C13H11ClN6O.C13H11FN6O/c1-25-6-3-11(4-7-25)13-2-5-21-9-14(13)23-18(27)15-16(20)24-26-10-12(19)8-22-17(15)26;19-12-8-22-17-15(16(20)24-25(17)10-12)18(26)23-14-9-21-7-6-13(14)11-4-2-1-3-5-11;1-9-3-5-18-7-11(9)20-15(23)12-13(17)21-22-8-10(2-4-16)6-19-14(12)22;2*1-7-2-3-16-5-9(7)18-13(21)10-11(15)19-20-6-8(14)4-17-12(10)20/h2,5,8-11H,3-4,6-7H2,1H3,(H2,20,24)(H,23,27);1-10H,(H2,20,24)(H,23,26);3,5-8H,2H2,1H3,(H2,17,21)(H,20,23);2*2-6H,1H3,(H2,15,19)(H,18,21). The van der Waals surface area contributed by atoms with Gasteiger partial charge in [0, 0.05) is 60.7 Å². The number of hydrogen-bond acceptors (Lipinski definition) is 27. The van der Waals surface area contributed by atoms with Crippen molar-refractivity contribution in [2.24, 2.45) is 0 Å². The monoisotopic (exact) mass is 1610 g/mol. The summed E-state index contributed by atoms with van der Waals surface area (Å²) < 4.78 is 46.0. The fraction of sp³-hybridized carbons (Fsp3) is 0.130. The lowest BCUT2D eigenvalue weighted by molar-refractivity contribution is 0.102. The first-order chi connectivity index (χ1) is 56.9. The largest absolute Gasteiger partial charge is 0.381 e. The molecule has 16 heterocycles. The van der Waals surface area contributed by atoms with Gasteiger partial charge in [0.1, 0.15) is 27.8 Å². The molecule has 41 heteroatoms. The van der Waals surface area contributed by atoms with E-state index in [-0.39, 0.29) is 80.3 Å². The number of rotatable bonds is 13. The van der Waals surface area contributed by atoms with Crippen LogP contribution in [0.2, 0.25) is 5.02 Å². The zero-order valence-corrected chi connectivity index (χ0v) is 63.5. The summed E-state index contributed by atoms with van der Waals surface area (Å²) in [5, 5.41) is 42.9. The molecule has 17 rings (SSSR count). The number of nitrogens with two attached hydrogens (primary N) is 5. The van der Waals surface area contributed by atoms with Gasteiger partial charge in [-0.15, -0.1) is 25.5 Å². The predicted octanol–water partition coefficient (Wildman–Crippen LogP) is 9.33. The molecule has 5 amide bonds. The number of benzene rings is 1. The molecular formula is C77H68ClF3N32O5. The number of anilines is 10. The first kappa shape index (κ1) is 80.0. The van der Waals surface area contributed by atoms with Gasteiger partial charge in [0.2, 0.25) is 0 Å². The highest BCUT2D eigenvalue weighted by atomic mass is 35.5. The van der Waals surface area contributed by atoms with E-state index in [1.165, 1.54) is 38.3 Å². The number of nitrogens with one attached hydrogen (secondary N) is 5. The number of nitriles is 1. The van der Waals surface area contributed by atoms with Crippen LogP contribution in [0.15, 0.2) is 185 Å². The SMILES string of the molecule is CN1CCC(c2ccncc2NC(=O)c2c(N)nn3cc(F)cnc23)CC1.Cc1ccncc1NC(=O)c1c(N)nn2cc(CC#N)cnc12.Cc1ccncc1NC(=O)c1c(N)nn2cc(Cl)cnc12.Cc1ccncc1NC(=O)c1c(N)nn2cc(F)cnc12.Nc1nn2cc(F)cnc2c1C(=O)Nc1cnccc1-c1ccccc1. The van der Waals surface area contributed by atoms with Crippen molar-refractivity contribution in [3.05, 3.63) is 263 Å². The zero-order chi connectivity index (χ0) is 83.4. The first-order valence-corrected chi connectivity index (χ1v) is 35.8. The van der Waals surface area contributed by atoms with E-state index in [1.54, 1.807) is 86.2 Å². The lowest BCUT2D eigenvalue weighted by Gasteiger charge is -2.30. The highest BCUT2D eigenvalue weighted by Gasteiger charge is 2.28. The Morgan fingerprint density at radius 3 is 1.16 bits per heavy atom. The van der Waals surface area contributed by atoms with Gasteiger partial charge in [-0.2, -0.15) is 5.26 Å². The lowest BCUT2D eigenvalue weighted by atomic mass is 9.89. The summed E-state index contributed by atoms with van der Waals surface area (Å²) in [6.45, 7) is 7.59. The van der Waals surface area contributed by atoms with Gasteiger partial charge >= 0.3 is 0 Å². The van der Waals surface area contributed by atoms with E-state index >= 15 is 0 Å². The molecule has 0 atom stereocenters. The second kappa shape index (κ2) is 35.3. The van der Waals surface area contributed by atoms with E-state index < -0.39 is 47.0 Å². The molecule has 0 saturated carbocycles. The Labute approximate surface area is 670 Å². The zero-order valence-electron chi connectivity index (χ0n) is 62.7. The molecule has 0 spiro atoms. The molecule has 118 heavy (non-hydrogen) atoms. The molecule has 1 saturated heterocycles. The summed E-state index contributed by atoms with van der Waals surface area (Å²) in [7, 11) is 2.11. The topological polar surface area (TPSA) is 518 Å². The van der Waals surface area contributed by atoms with Gasteiger partial charge in [-0.1, -0.05) is 41.9 Å². The number of likely N-dealkylation sites (tertiary alicyclic amines) is 1. The Balaban J connectivity index is 0.000000128. The number of carbonyl (C=O) groups is 5. The summed E-state index contributed by atoms with van der Waals surface area (Å²) in [6, 6.07) is 20.7. The molecule has 0 bridgehead atoms.